The van der Waals surface area contributed by atoms with Crippen LogP contribution < -0.4 is 5.56 Å². The van der Waals surface area contributed by atoms with Gasteiger partial charge in [-0.1, -0.05) is 23.4 Å². The first kappa shape index (κ1) is 16.2. The molecule has 0 N–H and O–H groups in total. The first-order chi connectivity index (χ1) is 12.7. The van der Waals surface area contributed by atoms with Gasteiger partial charge in [-0.05, 0) is 23.6 Å². The van der Waals surface area contributed by atoms with Gasteiger partial charge < -0.3 is 9.26 Å². The van der Waals surface area contributed by atoms with E-state index in [0.717, 1.165) is 4.88 Å². The number of aromatic nitrogens is 4. The van der Waals surface area contributed by atoms with E-state index in [9.17, 15) is 9.59 Å². The molecule has 0 radical (unpaired) electrons. The van der Waals surface area contributed by atoms with E-state index in [1.807, 2.05) is 17.5 Å². The number of hydrogen-bond donors (Lipinski definition) is 0. The second kappa shape index (κ2) is 6.89. The van der Waals surface area contributed by atoms with Crippen LogP contribution in [0.4, 0.5) is 0 Å². The van der Waals surface area contributed by atoms with Crippen LogP contribution in [0.15, 0.2) is 57.4 Å². The molecule has 0 atom stereocenters. The van der Waals surface area contributed by atoms with Gasteiger partial charge in [-0.3, -0.25) is 14.2 Å². The van der Waals surface area contributed by atoms with Gasteiger partial charge in [-0.2, -0.15) is 4.98 Å². The SMILES string of the molecule is O=C(Cn1cnc2ccccc2c1=O)OCc1nc(-c2cccs2)no1. The van der Waals surface area contributed by atoms with Gasteiger partial charge in [0, 0.05) is 0 Å². The summed E-state index contributed by atoms with van der Waals surface area (Å²) in [6.45, 7) is -0.407. The van der Waals surface area contributed by atoms with E-state index in [-0.39, 0.29) is 24.6 Å². The lowest BCUT2D eigenvalue weighted by Gasteiger charge is -2.06. The normalized spacial score (nSPS) is 10.9. The number of ether oxygens (including phenoxy) is 1. The quantitative estimate of drug-likeness (QED) is 0.498. The highest BCUT2D eigenvalue weighted by molar-refractivity contribution is 7.13. The predicted octanol–water partition coefficient (Wildman–Crippen LogP) is 2.25. The van der Waals surface area contributed by atoms with E-state index in [1.165, 1.54) is 22.2 Å². The van der Waals surface area contributed by atoms with Crippen LogP contribution in [0.5, 0.6) is 0 Å². The lowest BCUT2D eigenvalue weighted by molar-refractivity contribution is -0.146. The summed E-state index contributed by atoms with van der Waals surface area (Å²) in [4.78, 5) is 33.5. The molecule has 4 rings (SSSR count). The molecule has 3 heterocycles. The van der Waals surface area contributed by atoms with Gasteiger partial charge in [0.05, 0.1) is 22.1 Å². The van der Waals surface area contributed by atoms with Crippen molar-refractivity contribution in [1.29, 1.82) is 0 Å². The smallest absolute Gasteiger partial charge is 0.326 e. The van der Waals surface area contributed by atoms with Crippen LogP contribution in [0.1, 0.15) is 5.89 Å². The summed E-state index contributed by atoms with van der Waals surface area (Å²) >= 11 is 1.48. The van der Waals surface area contributed by atoms with Gasteiger partial charge in [0.15, 0.2) is 6.61 Å². The van der Waals surface area contributed by atoms with E-state index in [0.29, 0.717) is 16.7 Å². The molecule has 0 saturated heterocycles. The summed E-state index contributed by atoms with van der Waals surface area (Å²) in [6.07, 6.45) is 1.33. The van der Waals surface area contributed by atoms with Gasteiger partial charge in [-0.25, -0.2) is 4.98 Å². The molecule has 9 heteroatoms. The van der Waals surface area contributed by atoms with Crippen molar-refractivity contribution in [2.75, 3.05) is 0 Å². The average molecular weight is 368 g/mol. The summed E-state index contributed by atoms with van der Waals surface area (Å²) in [6, 6.07) is 10.7. The highest BCUT2D eigenvalue weighted by Gasteiger charge is 2.13. The van der Waals surface area contributed by atoms with Crippen molar-refractivity contribution in [1.82, 2.24) is 19.7 Å². The Morgan fingerprint density at radius 2 is 2.12 bits per heavy atom. The molecule has 0 amide bonds. The maximum Gasteiger partial charge on any atom is 0.326 e. The van der Waals surface area contributed by atoms with E-state index < -0.39 is 5.97 Å². The number of benzene rings is 1. The number of rotatable bonds is 5. The highest BCUT2D eigenvalue weighted by Crippen LogP contribution is 2.21. The lowest BCUT2D eigenvalue weighted by atomic mass is 10.2. The molecule has 0 bridgehead atoms. The average Bonchev–Trinajstić information content (AvgIpc) is 3.34. The van der Waals surface area contributed by atoms with Crippen LogP contribution in [0.2, 0.25) is 0 Å². The van der Waals surface area contributed by atoms with Gasteiger partial charge in [0.2, 0.25) is 5.82 Å². The fourth-order valence-corrected chi connectivity index (χ4v) is 3.01. The fraction of sp³-hybridized carbons (Fsp3) is 0.118. The standard InChI is InChI=1S/C17H12N4O4S/c22-15(8-21-10-18-12-5-2-1-4-11(12)17(21)23)24-9-14-19-16(20-25-14)13-6-3-7-26-13/h1-7,10H,8-9H2. The minimum atomic E-state index is -0.597. The Kier molecular flexibility index (Phi) is 4.28. The van der Waals surface area contributed by atoms with Gasteiger partial charge >= 0.3 is 5.97 Å². The first-order valence-corrected chi connectivity index (χ1v) is 8.55. The third-order valence-electron chi connectivity index (χ3n) is 3.60. The molecule has 8 nitrogen and oxygen atoms in total. The van der Waals surface area contributed by atoms with Crippen molar-refractivity contribution in [2.45, 2.75) is 13.2 Å². The minimum absolute atomic E-state index is 0.160. The van der Waals surface area contributed by atoms with Crippen molar-refractivity contribution in [2.24, 2.45) is 0 Å². The second-order valence-corrected chi connectivity index (χ2v) is 6.29. The number of fused-ring (bicyclic) bond motifs is 1. The number of para-hydroxylation sites is 1. The minimum Gasteiger partial charge on any atom is -0.454 e. The van der Waals surface area contributed by atoms with Crippen LogP contribution in [0, 0.1) is 0 Å². The maximum atomic E-state index is 12.3. The zero-order chi connectivity index (χ0) is 17.9. The molecule has 0 aliphatic rings. The Morgan fingerprint density at radius 3 is 2.96 bits per heavy atom. The molecule has 0 aliphatic heterocycles. The third-order valence-corrected chi connectivity index (χ3v) is 4.46. The molecule has 0 aliphatic carbocycles. The maximum absolute atomic E-state index is 12.3. The van der Waals surface area contributed by atoms with Gasteiger partial charge in [-0.15, -0.1) is 11.3 Å². The third kappa shape index (κ3) is 3.24. The zero-order valence-electron chi connectivity index (χ0n) is 13.4. The largest absolute Gasteiger partial charge is 0.454 e. The number of nitrogens with zero attached hydrogens (tertiary/aromatic N) is 4. The summed E-state index contributed by atoms with van der Waals surface area (Å²) in [5.41, 5.74) is 0.277. The molecule has 0 unspecified atom stereocenters. The zero-order valence-corrected chi connectivity index (χ0v) is 14.2. The molecular formula is C17H12N4O4S. The topological polar surface area (TPSA) is 100 Å². The molecule has 4 aromatic rings. The molecule has 0 fully saturated rings. The van der Waals surface area contributed by atoms with Gasteiger partial charge in [0.1, 0.15) is 6.54 Å². The Balaban J connectivity index is 1.42. The molecule has 3 aromatic heterocycles. The van der Waals surface area contributed by atoms with Crippen LogP contribution in [0.25, 0.3) is 21.6 Å². The predicted molar refractivity (Wildman–Crippen MR) is 93.4 cm³/mol. The molecule has 130 valence electrons. The highest BCUT2D eigenvalue weighted by atomic mass is 32.1. The molecule has 0 saturated carbocycles. The molecule has 26 heavy (non-hydrogen) atoms. The van der Waals surface area contributed by atoms with E-state index in [1.54, 1.807) is 24.3 Å². The lowest BCUT2D eigenvalue weighted by Crippen LogP contribution is -2.25. The van der Waals surface area contributed by atoms with Crippen molar-refractivity contribution < 1.29 is 14.1 Å². The number of thiophene rings is 1. The van der Waals surface area contributed by atoms with E-state index >= 15 is 0 Å². The van der Waals surface area contributed by atoms with Crippen LogP contribution in [-0.2, 0) is 22.7 Å². The van der Waals surface area contributed by atoms with Crippen LogP contribution >= 0.6 is 11.3 Å². The molecular weight excluding hydrogens is 356 g/mol. The summed E-state index contributed by atoms with van der Waals surface area (Å²) < 4.78 is 11.4. The monoisotopic (exact) mass is 368 g/mol. The first-order valence-electron chi connectivity index (χ1n) is 7.67. The number of hydrogen-bond acceptors (Lipinski definition) is 8. The van der Waals surface area contributed by atoms with Crippen LogP contribution in [-0.4, -0.2) is 25.7 Å². The second-order valence-electron chi connectivity index (χ2n) is 5.34. The number of carbonyl (C=O) groups excluding carboxylic acids is 1. The van der Waals surface area contributed by atoms with Crippen molar-refractivity contribution in [3.05, 3.63) is 64.4 Å². The number of carbonyl (C=O) groups is 1. The molecule has 0 spiro atoms. The van der Waals surface area contributed by atoms with Gasteiger partial charge in [0.25, 0.3) is 11.4 Å². The summed E-state index contributed by atoms with van der Waals surface area (Å²) in [5, 5.41) is 6.18. The van der Waals surface area contributed by atoms with Crippen LogP contribution in [0.3, 0.4) is 0 Å². The van der Waals surface area contributed by atoms with Crippen molar-refractivity contribution >= 4 is 28.2 Å². The number of esters is 1. The Labute approximate surface area is 150 Å². The fourth-order valence-electron chi connectivity index (χ4n) is 2.37. The summed E-state index contributed by atoms with van der Waals surface area (Å²) in [7, 11) is 0. The Bertz CT molecular complexity index is 1120. The van der Waals surface area contributed by atoms with Crippen molar-refractivity contribution in [3.63, 3.8) is 0 Å². The van der Waals surface area contributed by atoms with E-state index in [2.05, 4.69) is 15.1 Å². The Hall–Kier alpha value is -3.33. The molecule has 1 aromatic carbocycles. The summed E-state index contributed by atoms with van der Waals surface area (Å²) in [5.74, 6) is 0.0341. The van der Waals surface area contributed by atoms with E-state index in [4.69, 9.17) is 9.26 Å². The Morgan fingerprint density at radius 1 is 1.23 bits per heavy atom. The van der Waals surface area contributed by atoms with Crippen molar-refractivity contribution in [3.8, 4) is 10.7 Å².